The highest BCUT2D eigenvalue weighted by molar-refractivity contribution is 5.35. The van der Waals surface area contributed by atoms with E-state index in [1.165, 1.54) is 18.9 Å². The summed E-state index contributed by atoms with van der Waals surface area (Å²) in [6.07, 6.45) is 4.81. The summed E-state index contributed by atoms with van der Waals surface area (Å²) >= 11 is 0. The largest absolute Gasteiger partial charge is 0.491 e. The van der Waals surface area contributed by atoms with E-state index in [0.717, 1.165) is 43.7 Å². The molecule has 1 heterocycles. The van der Waals surface area contributed by atoms with Crippen molar-refractivity contribution in [3.8, 4) is 11.5 Å². The number of alkyl halides is 2. The number of ether oxygens (including phenoxy) is 3. The molecule has 1 aromatic carbocycles. The second-order valence-electron chi connectivity index (χ2n) is 8.13. The smallest absolute Gasteiger partial charge is 0.424 e. The molecule has 0 saturated heterocycles. The highest BCUT2D eigenvalue weighted by Crippen LogP contribution is 2.39. The third-order valence-electron chi connectivity index (χ3n) is 6.09. The van der Waals surface area contributed by atoms with Crippen LogP contribution in [-0.2, 0) is 4.74 Å². The Morgan fingerprint density at radius 3 is 2.30 bits per heavy atom. The fourth-order valence-electron chi connectivity index (χ4n) is 4.43. The fourth-order valence-corrected chi connectivity index (χ4v) is 4.43. The van der Waals surface area contributed by atoms with E-state index < -0.39 is 23.5 Å². The van der Waals surface area contributed by atoms with Gasteiger partial charge in [0, 0.05) is 0 Å². The minimum absolute atomic E-state index is 0.0771. The number of hydrogen-bond donors (Lipinski definition) is 0. The van der Waals surface area contributed by atoms with Crippen molar-refractivity contribution in [1.82, 2.24) is 0 Å². The monoisotopic (exact) mass is 430 g/mol. The van der Waals surface area contributed by atoms with Crippen LogP contribution in [0.5, 0.6) is 11.5 Å². The van der Waals surface area contributed by atoms with Crippen LogP contribution in [-0.4, -0.2) is 25.4 Å². The molecule has 0 amide bonds. The van der Waals surface area contributed by atoms with Gasteiger partial charge >= 0.3 is 6.11 Å². The van der Waals surface area contributed by atoms with Crippen LogP contribution in [0.2, 0.25) is 0 Å². The van der Waals surface area contributed by atoms with E-state index in [1.807, 2.05) is 0 Å². The summed E-state index contributed by atoms with van der Waals surface area (Å²) in [4.78, 5) is 0. The van der Waals surface area contributed by atoms with Gasteiger partial charge in [-0.2, -0.15) is 17.6 Å². The van der Waals surface area contributed by atoms with Crippen LogP contribution in [0.4, 0.5) is 17.6 Å². The molecule has 168 valence electrons. The summed E-state index contributed by atoms with van der Waals surface area (Å²) in [5, 5.41) is 0. The molecule has 30 heavy (non-hydrogen) atoms. The summed E-state index contributed by atoms with van der Waals surface area (Å²) in [6.45, 7) is 3.64. The standard InChI is InChI=1S/C23H30F4O3/c1-3-5-15-6-8-16(9-7-15)18-11-10-17(14-29-18)23(26,27)30-20-13-12-19(28-4-2)21(24)22(20)25/h10,12-13,15-16,18H,3-9,11,14H2,1-2H3. The Bertz CT molecular complexity index is 742. The van der Waals surface area contributed by atoms with E-state index in [0.29, 0.717) is 12.3 Å². The van der Waals surface area contributed by atoms with Gasteiger partial charge in [0.05, 0.1) is 24.9 Å². The summed E-state index contributed by atoms with van der Waals surface area (Å²) < 4.78 is 72.4. The van der Waals surface area contributed by atoms with E-state index in [2.05, 4.69) is 11.7 Å². The van der Waals surface area contributed by atoms with Crippen molar-refractivity contribution >= 4 is 0 Å². The molecule has 1 aliphatic carbocycles. The number of rotatable bonds is 8. The first kappa shape index (κ1) is 22.9. The molecule has 1 aliphatic heterocycles. The van der Waals surface area contributed by atoms with Gasteiger partial charge in [0.2, 0.25) is 11.6 Å². The van der Waals surface area contributed by atoms with Gasteiger partial charge in [0.1, 0.15) is 0 Å². The van der Waals surface area contributed by atoms with Gasteiger partial charge in [-0.3, -0.25) is 0 Å². The average Bonchev–Trinajstić information content (AvgIpc) is 2.74. The predicted molar refractivity (Wildman–Crippen MR) is 106 cm³/mol. The lowest BCUT2D eigenvalue weighted by Crippen LogP contribution is -2.37. The number of benzene rings is 1. The lowest BCUT2D eigenvalue weighted by Gasteiger charge is -2.36. The van der Waals surface area contributed by atoms with Gasteiger partial charge in [-0.25, -0.2) is 0 Å². The topological polar surface area (TPSA) is 27.7 Å². The minimum atomic E-state index is -3.79. The maximum atomic E-state index is 14.6. The van der Waals surface area contributed by atoms with Crippen LogP contribution in [0.1, 0.15) is 58.8 Å². The van der Waals surface area contributed by atoms with E-state index in [1.54, 1.807) is 6.92 Å². The summed E-state index contributed by atoms with van der Waals surface area (Å²) in [6, 6.07) is 2.02. The van der Waals surface area contributed by atoms with E-state index in [9.17, 15) is 17.6 Å². The lowest BCUT2D eigenvalue weighted by atomic mass is 9.77. The van der Waals surface area contributed by atoms with Crippen LogP contribution in [0.3, 0.4) is 0 Å². The third kappa shape index (κ3) is 5.29. The molecule has 1 fully saturated rings. The second kappa shape index (κ2) is 10.0. The Labute approximate surface area is 175 Å². The quantitative estimate of drug-likeness (QED) is 0.341. The molecule has 1 aromatic rings. The van der Waals surface area contributed by atoms with Crippen LogP contribution >= 0.6 is 0 Å². The molecule has 1 saturated carbocycles. The molecule has 0 aromatic heterocycles. The predicted octanol–water partition coefficient (Wildman–Crippen LogP) is 6.66. The van der Waals surface area contributed by atoms with Gasteiger partial charge in [-0.05, 0) is 50.2 Å². The lowest BCUT2D eigenvalue weighted by molar-refractivity contribution is -0.156. The Morgan fingerprint density at radius 1 is 1.03 bits per heavy atom. The average molecular weight is 430 g/mol. The van der Waals surface area contributed by atoms with Crippen LogP contribution in [0, 0.1) is 23.5 Å². The van der Waals surface area contributed by atoms with E-state index in [-0.39, 0.29) is 30.6 Å². The van der Waals surface area contributed by atoms with Gasteiger partial charge < -0.3 is 14.2 Å². The fraction of sp³-hybridized carbons (Fsp3) is 0.652. The van der Waals surface area contributed by atoms with E-state index >= 15 is 0 Å². The zero-order chi connectivity index (χ0) is 21.7. The molecule has 7 heteroatoms. The van der Waals surface area contributed by atoms with Crippen molar-refractivity contribution in [2.45, 2.75) is 71.0 Å². The van der Waals surface area contributed by atoms with Crippen molar-refractivity contribution in [3.05, 3.63) is 35.4 Å². The van der Waals surface area contributed by atoms with Crippen molar-refractivity contribution < 1.29 is 31.8 Å². The maximum absolute atomic E-state index is 14.6. The van der Waals surface area contributed by atoms with Gasteiger partial charge in [0.25, 0.3) is 0 Å². The Hall–Kier alpha value is -1.76. The highest BCUT2D eigenvalue weighted by Gasteiger charge is 2.41. The number of halogens is 4. The molecule has 2 aliphatic rings. The summed E-state index contributed by atoms with van der Waals surface area (Å²) in [5.74, 6) is -2.91. The van der Waals surface area contributed by atoms with Gasteiger partial charge in [-0.1, -0.05) is 38.7 Å². The Kier molecular flexibility index (Phi) is 7.66. The first-order chi connectivity index (χ1) is 14.4. The maximum Gasteiger partial charge on any atom is 0.424 e. The molecule has 3 rings (SSSR count). The van der Waals surface area contributed by atoms with Crippen LogP contribution < -0.4 is 9.47 Å². The van der Waals surface area contributed by atoms with Crippen LogP contribution in [0.25, 0.3) is 0 Å². The molecule has 0 radical (unpaired) electrons. The number of hydrogen-bond acceptors (Lipinski definition) is 3. The molecule has 0 spiro atoms. The molecular weight excluding hydrogens is 400 g/mol. The summed E-state index contributed by atoms with van der Waals surface area (Å²) in [7, 11) is 0. The van der Waals surface area contributed by atoms with E-state index in [4.69, 9.17) is 9.47 Å². The minimum Gasteiger partial charge on any atom is -0.491 e. The molecule has 0 bridgehead atoms. The summed E-state index contributed by atoms with van der Waals surface area (Å²) in [5.41, 5.74) is -0.368. The van der Waals surface area contributed by atoms with Gasteiger partial charge in [-0.15, -0.1) is 0 Å². The molecule has 1 unspecified atom stereocenters. The first-order valence-electron chi connectivity index (χ1n) is 10.8. The molecule has 3 nitrogen and oxygen atoms in total. The van der Waals surface area contributed by atoms with Crippen molar-refractivity contribution in [2.24, 2.45) is 11.8 Å². The van der Waals surface area contributed by atoms with Crippen molar-refractivity contribution in [1.29, 1.82) is 0 Å². The first-order valence-corrected chi connectivity index (χ1v) is 10.8. The van der Waals surface area contributed by atoms with Gasteiger partial charge in [0.15, 0.2) is 11.5 Å². The van der Waals surface area contributed by atoms with Crippen LogP contribution in [0.15, 0.2) is 23.8 Å². The molecule has 0 N–H and O–H groups in total. The second-order valence-corrected chi connectivity index (χ2v) is 8.13. The molecular formula is C23H30F4O3. The van der Waals surface area contributed by atoms with Crippen molar-refractivity contribution in [2.75, 3.05) is 13.2 Å². The highest BCUT2D eigenvalue weighted by atomic mass is 19.3. The third-order valence-corrected chi connectivity index (χ3v) is 6.09. The SMILES string of the molecule is CCCC1CCC(C2CC=C(C(F)(F)Oc3ccc(OCC)c(F)c3F)CO2)CC1. The normalized spacial score (nSPS) is 25.0. The Morgan fingerprint density at radius 2 is 1.70 bits per heavy atom. The molecule has 1 atom stereocenters. The van der Waals surface area contributed by atoms with Crippen molar-refractivity contribution in [3.63, 3.8) is 0 Å². The Balaban J connectivity index is 1.60. The zero-order valence-electron chi connectivity index (χ0n) is 17.6. The zero-order valence-corrected chi connectivity index (χ0v) is 17.6.